The SMILES string of the molecule is CCOC(=O)c1sc(NC(=O)N2CC[S@](=O)[C@@H](C)[C@H]2C)c(C(=O)OCC)c1C. The van der Waals surface area contributed by atoms with E-state index in [2.05, 4.69) is 5.32 Å². The van der Waals surface area contributed by atoms with Gasteiger partial charge < -0.3 is 14.4 Å². The molecule has 1 aliphatic heterocycles. The lowest BCUT2D eigenvalue weighted by atomic mass is 10.1. The lowest BCUT2D eigenvalue weighted by Crippen LogP contribution is -2.53. The molecule has 156 valence electrons. The van der Waals surface area contributed by atoms with Crippen molar-refractivity contribution < 1.29 is 28.1 Å². The van der Waals surface area contributed by atoms with Crippen molar-refractivity contribution in [3.8, 4) is 0 Å². The number of rotatable bonds is 5. The van der Waals surface area contributed by atoms with Crippen LogP contribution >= 0.6 is 11.3 Å². The maximum atomic E-state index is 12.8. The molecule has 1 fully saturated rings. The van der Waals surface area contributed by atoms with E-state index >= 15 is 0 Å². The summed E-state index contributed by atoms with van der Waals surface area (Å²) in [6.07, 6.45) is 0. The van der Waals surface area contributed by atoms with E-state index in [1.807, 2.05) is 13.8 Å². The van der Waals surface area contributed by atoms with Gasteiger partial charge in [0, 0.05) is 29.1 Å². The second-order valence-corrected chi connectivity index (χ2v) is 9.29. The first kappa shape index (κ1) is 22.4. The molecule has 1 aliphatic rings. The van der Waals surface area contributed by atoms with Crippen molar-refractivity contribution in [3.05, 3.63) is 16.0 Å². The molecule has 8 nitrogen and oxygen atoms in total. The maximum absolute atomic E-state index is 12.8. The van der Waals surface area contributed by atoms with Crippen LogP contribution in [0.1, 0.15) is 53.3 Å². The van der Waals surface area contributed by atoms with Gasteiger partial charge in [-0.2, -0.15) is 0 Å². The molecule has 0 saturated carbocycles. The summed E-state index contributed by atoms with van der Waals surface area (Å²) in [6.45, 7) is 9.41. The molecule has 10 heteroatoms. The van der Waals surface area contributed by atoms with Gasteiger partial charge in [-0.15, -0.1) is 11.3 Å². The molecule has 1 aromatic rings. The minimum absolute atomic E-state index is 0.149. The molecular weight excluding hydrogens is 404 g/mol. The Hall–Kier alpha value is -1.94. The first-order chi connectivity index (χ1) is 13.2. The predicted octanol–water partition coefficient (Wildman–Crippen LogP) is 2.78. The summed E-state index contributed by atoms with van der Waals surface area (Å²) in [7, 11) is -0.976. The summed E-state index contributed by atoms with van der Waals surface area (Å²) in [5.41, 5.74) is 0.572. The first-order valence-electron chi connectivity index (χ1n) is 9.15. The van der Waals surface area contributed by atoms with E-state index in [0.29, 0.717) is 17.9 Å². The number of nitrogens with one attached hydrogen (secondary N) is 1. The highest BCUT2D eigenvalue weighted by Crippen LogP contribution is 2.35. The highest BCUT2D eigenvalue weighted by Gasteiger charge is 2.34. The Morgan fingerprint density at radius 2 is 1.79 bits per heavy atom. The van der Waals surface area contributed by atoms with Crippen LogP contribution < -0.4 is 5.32 Å². The number of amides is 2. The molecule has 3 atom stereocenters. The number of ether oxygens (including phenoxy) is 2. The second-order valence-electron chi connectivity index (χ2n) is 6.36. The van der Waals surface area contributed by atoms with Crippen LogP contribution in [0, 0.1) is 6.92 Å². The van der Waals surface area contributed by atoms with Crippen LogP contribution in [0.4, 0.5) is 9.80 Å². The molecule has 0 aromatic carbocycles. The van der Waals surface area contributed by atoms with E-state index < -0.39 is 28.8 Å². The minimum atomic E-state index is -0.976. The van der Waals surface area contributed by atoms with Crippen molar-refractivity contribution in [1.82, 2.24) is 4.90 Å². The number of carbonyl (C=O) groups is 3. The van der Waals surface area contributed by atoms with Gasteiger partial charge in [-0.1, -0.05) is 0 Å². The Kier molecular flexibility index (Phi) is 7.59. The fourth-order valence-corrected chi connectivity index (χ4v) is 5.36. The van der Waals surface area contributed by atoms with Gasteiger partial charge in [-0.05, 0) is 40.2 Å². The number of hydrogen-bond acceptors (Lipinski definition) is 7. The molecule has 0 unspecified atom stereocenters. The van der Waals surface area contributed by atoms with Crippen LogP contribution in [0.2, 0.25) is 0 Å². The van der Waals surface area contributed by atoms with Crippen molar-refractivity contribution in [2.24, 2.45) is 0 Å². The van der Waals surface area contributed by atoms with Gasteiger partial charge in [0.25, 0.3) is 0 Å². The second kappa shape index (κ2) is 9.51. The smallest absolute Gasteiger partial charge is 0.348 e. The first-order valence-corrected chi connectivity index (χ1v) is 11.3. The molecular formula is C18H26N2O6S2. The Labute approximate surface area is 171 Å². The zero-order chi connectivity index (χ0) is 21.0. The molecule has 1 N–H and O–H groups in total. The molecule has 2 heterocycles. The number of thiophene rings is 1. The van der Waals surface area contributed by atoms with Gasteiger partial charge in [0.05, 0.1) is 24.0 Å². The van der Waals surface area contributed by atoms with Gasteiger partial charge in [0.15, 0.2) is 0 Å². The minimum Gasteiger partial charge on any atom is -0.462 e. The topological polar surface area (TPSA) is 102 Å². The molecule has 1 saturated heterocycles. The van der Waals surface area contributed by atoms with Crippen LogP contribution in [-0.2, 0) is 20.3 Å². The molecule has 0 bridgehead atoms. The summed E-state index contributed by atoms with van der Waals surface area (Å²) in [4.78, 5) is 39.3. The highest BCUT2D eigenvalue weighted by molar-refractivity contribution is 7.85. The van der Waals surface area contributed by atoms with Gasteiger partial charge >= 0.3 is 18.0 Å². The van der Waals surface area contributed by atoms with Crippen molar-refractivity contribution in [1.29, 1.82) is 0 Å². The average molecular weight is 431 g/mol. The average Bonchev–Trinajstić information content (AvgIpc) is 2.96. The summed E-state index contributed by atoms with van der Waals surface area (Å²) >= 11 is 0.989. The van der Waals surface area contributed by atoms with E-state index in [1.54, 1.807) is 25.7 Å². The summed E-state index contributed by atoms with van der Waals surface area (Å²) in [5.74, 6) is -0.754. The molecule has 0 spiro atoms. The van der Waals surface area contributed by atoms with E-state index in [4.69, 9.17) is 9.47 Å². The van der Waals surface area contributed by atoms with E-state index in [9.17, 15) is 18.6 Å². The van der Waals surface area contributed by atoms with Gasteiger partial charge in [-0.3, -0.25) is 9.53 Å². The number of carbonyl (C=O) groups excluding carboxylic acids is 3. The lowest BCUT2D eigenvalue weighted by Gasteiger charge is -2.37. The molecule has 2 amide bonds. The third-order valence-corrected chi connectivity index (χ3v) is 7.68. The molecule has 0 radical (unpaired) electrons. The lowest BCUT2D eigenvalue weighted by molar-refractivity contribution is 0.0527. The van der Waals surface area contributed by atoms with Crippen LogP contribution in [0.15, 0.2) is 0 Å². The number of anilines is 1. The van der Waals surface area contributed by atoms with Crippen molar-refractivity contribution in [3.63, 3.8) is 0 Å². The fraction of sp³-hybridized carbons (Fsp3) is 0.611. The third kappa shape index (κ3) is 4.54. The normalized spacial score (nSPS) is 21.9. The highest BCUT2D eigenvalue weighted by atomic mass is 32.2. The van der Waals surface area contributed by atoms with E-state index in [-0.39, 0.29) is 39.9 Å². The predicted molar refractivity (Wildman–Crippen MR) is 109 cm³/mol. The van der Waals surface area contributed by atoms with Crippen molar-refractivity contribution in [2.45, 2.75) is 45.9 Å². The Balaban J connectivity index is 2.34. The van der Waals surface area contributed by atoms with Crippen LogP contribution in [0.25, 0.3) is 0 Å². The quantitative estimate of drug-likeness (QED) is 0.721. The van der Waals surface area contributed by atoms with E-state index in [0.717, 1.165) is 11.3 Å². The van der Waals surface area contributed by atoms with Gasteiger partial charge in [0.1, 0.15) is 9.88 Å². The molecule has 1 aromatic heterocycles. The number of esters is 2. The summed E-state index contributed by atoms with van der Waals surface area (Å²) in [6, 6.07) is -0.621. The Morgan fingerprint density at radius 1 is 1.18 bits per heavy atom. The van der Waals surface area contributed by atoms with Gasteiger partial charge in [-0.25, -0.2) is 14.4 Å². The third-order valence-electron chi connectivity index (χ3n) is 4.69. The Bertz CT molecular complexity index is 791. The number of urea groups is 1. The monoisotopic (exact) mass is 430 g/mol. The zero-order valence-corrected chi connectivity index (χ0v) is 18.3. The molecule has 0 aliphatic carbocycles. The standard InChI is InChI=1S/C18H26N2O6S2/c1-6-25-16(21)13-10(3)14(17(22)26-7-2)27-15(13)19-18(23)20-8-9-28(24)12(5)11(20)4/h11-12H,6-9H2,1-5H3,(H,19,23)/t11-,12+,28+/m1/s1. The van der Waals surface area contributed by atoms with Crippen molar-refractivity contribution >= 4 is 45.1 Å². The van der Waals surface area contributed by atoms with E-state index in [1.165, 1.54) is 0 Å². The van der Waals surface area contributed by atoms with Crippen LogP contribution in [0.3, 0.4) is 0 Å². The zero-order valence-electron chi connectivity index (χ0n) is 16.7. The maximum Gasteiger partial charge on any atom is 0.348 e. The van der Waals surface area contributed by atoms with Crippen molar-refractivity contribution in [2.75, 3.05) is 30.8 Å². The summed E-state index contributed by atoms with van der Waals surface area (Å²) < 4.78 is 22.1. The summed E-state index contributed by atoms with van der Waals surface area (Å²) in [5, 5.41) is 2.84. The number of nitrogens with zero attached hydrogens (tertiary/aromatic N) is 1. The van der Waals surface area contributed by atoms with Crippen LogP contribution in [0.5, 0.6) is 0 Å². The largest absolute Gasteiger partial charge is 0.462 e. The molecule has 28 heavy (non-hydrogen) atoms. The molecule has 2 rings (SSSR count). The van der Waals surface area contributed by atoms with Crippen LogP contribution in [-0.4, -0.2) is 63.9 Å². The Morgan fingerprint density at radius 3 is 2.39 bits per heavy atom. The van der Waals surface area contributed by atoms with Gasteiger partial charge in [0.2, 0.25) is 0 Å². The fourth-order valence-electron chi connectivity index (χ4n) is 2.95. The number of hydrogen-bond donors (Lipinski definition) is 1.